The Bertz CT molecular complexity index is 438. The monoisotopic (exact) mass is 247 g/mol. The van der Waals surface area contributed by atoms with Gasteiger partial charge in [-0.15, -0.1) is 0 Å². The molecule has 1 N–H and O–H groups in total. The van der Waals surface area contributed by atoms with E-state index in [-0.39, 0.29) is 12.0 Å². The zero-order valence-corrected chi connectivity index (χ0v) is 10.5. The molecule has 0 saturated heterocycles. The number of nitriles is 1. The van der Waals surface area contributed by atoms with E-state index in [1.807, 2.05) is 12.1 Å². The van der Waals surface area contributed by atoms with Crippen LogP contribution in [0.2, 0.25) is 0 Å². The van der Waals surface area contributed by atoms with E-state index in [1.165, 1.54) is 0 Å². The third kappa shape index (κ3) is 2.57. The molecule has 0 radical (unpaired) electrons. The Morgan fingerprint density at radius 1 is 1.44 bits per heavy atom. The van der Waals surface area contributed by atoms with E-state index in [0.29, 0.717) is 30.1 Å². The summed E-state index contributed by atoms with van der Waals surface area (Å²) >= 11 is 0. The Morgan fingerprint density at radius 3 is 2.78 bits per heavy atom. The van der Waals surface area contributed by atoms with Crippen LogP contribution in [0.5, 0.6) is 11.5 Å². The molecule has 2 rings (SSSR count). The van der Waals surface area contributed by atoms with E-state index in [0.717, 1.165) is 12.8 Å². The highest BCUT2D eigenvalue weighted by Gasteiger charge is 2.43. The number of nitrogens with zero attached hydrogens (tertiary/aromatic N) is 1. The molecule has 0 spiro atoms. The van der Waals surface area contributed by atoms with Crippen molar-refractivity contribution < 1.29 is 14.6 Å². The number of para-hydroxylation sites is 1. The Morgan fingerprint density at radius 2 is 2.22 bits per heavy atom. The van der Waals surface area contributed by atoms with Crippen molar-refractivity contribution in [2.75, 3.05) is 13.7 Å². The van der Waals surface area contributed by atoms with E-state index in [1.54, 1.807) is 13.2 Å². The summed E-state index contributed by atoms with van der Waals surface area (Å²) in [6, 6.07) is 7.63. The second-order valence-electron chi connectivity index (χ2n) is 4.73. The fourth-order valence-corrected chi connectivity index (χ4v) is 1.95. The Hall–Kier alpha value is -1.73. The number of rotatable bonds is 6. The van der Waals surface area contributed by atoms with Crippen molar-refractivity contribution in [3.63, 3.8) is 0 Å². The first-order valence-corrected chi connectivity index (χ1v) is 6.01. The summed E-state index contributed by atoms with van der Waals surface area (Å²) in [5.74, 6) is 1.21. The summed E-state index contributed by atoms with van der Waals surface area (Å²) < 4.78 is 11.0. The molecule has 0 heterocycles. The van der Waals surface area contributed by atoms with Crippen LogP contribution in [-0.4, -0.2) is 18.8 Å². The van der Waals surface area contributed by atoms with E-state index in [4.69, 9.17) is 14.7 Å². The summed E-state index contributed by atoms with van der Waals surface area (Å²) in [4.78, 5) is 0. The first kappa shape index (κ1) is 12.7. The highest BCUT2D eigenvalue weighted by molar-refractivity contribution is 5.46. The first-order chi connectivity index (χ1) is 8.74. The normalized spacial score (nSPS) is 15.8. The van der Waals surface area contributed by atoms with Crippen LogP contribution >= 0.6 is 0 Å². The molecule has 1 fully saturated rings. The SMILES string of the molecule is COc1cccc(CO)c1OCC1(CC#N)CC1. The van der Waals surface area contributed by atoms with Gasteiger partial charge in [-0.2, -0.15) is 5.26 Å². The smallest absolute Gasteiger partial charge is 0.166 e. The Labute approximate surface area is 107 Å². The van der Waals surface area contributed by atoms with Crippen LogP contribution in [0.3, 0.4) is 0 Å². The third-order valence-electron chi connectivity index (χ3n) is 3.38. The zero-order chi connectivity index (χ0) is 13.0. The molecule has 96 valence electrons. The molecule has 0 amide bonds. The van der Waals surface area contributed by atoms with Crippen molar-refractivity contribution in [1.29, 1.82) is 5.26 Å². The fourth-order valence-electron chi connectivity index (χ4n) is 1.95. The molecule has 0 unspecified atom stereocenters. The molecular weight excluding hydrogens is 230 g/mol. The lowest BCUT2D eigenvalue weighted by Gasteiger charge is -2.17. The van der Waals surface area contributed by atoms with Gasteiger partial charge in [0.2, 0.25) is 0 Å². The lowest BCUT2D eigenvalue weighted by atomic mass is 10.1. The van der Waals surface area contributed by atoms with Gasteiger partial charge in [-0.05, 0) is 18.9 Å². The molecule has 0 aromatic heterocycles. The van der Waals surface area contributed by atoms with Crippen LogP contribution in [0.1, 0.15) is 24.8 Å². The minimum atomic E-state index is -0.0855. The number of methoxy groups -OCH3 is 1. The molecule has 4 nitrogen and oxygen atoms in total. The van der Waals surface area contributed by atoms with Gasteiger partial charge in [0.05, 0.1) is 26.4 Å². The lowest BCUT2D eigenvalue weighted by molar-refractivity contribution is 0.214. The second kappa shape index (κ2) is 5.28. The van der Waals surface area contributed by atoms with Crippen molar-refractivity contribution in [3.8, 4) is 17.6 Å². The molecule has 0 aliphatic heterocycles. The van der Waals surface area contributed by atoms with Gasteiger partial charge in [0.25, 0.3) is 0 Å². The number of aliphatic hydroxyl groups is 1. The molecule has 1 saturated carbocycles. The topological polar surface area (TPSA) is 62.5 Å². The zero-order valence-electron chi connectivity index (χ0n) is 10.5. The number of aliphatic hydroxyl groups excluding tert-OH is 1. The quantitative estimate of drug-likeness (QED) is 0.837. The van der Waals surface area contributed by atoms with Gasteiger partial charge in [-0.1, -0.05) is 12.1 Å². The van der Waals surface area contributed by atoms with Crippen LogP contribution < -0.4 is 9.47 Å². The summed E-state index contributed by atoms with van der Waals surface area (Å²) in [5.41, 5.74) is 0.726. The highest BCUT2D eigenvalue weighted by atomic mass is 16.5. The summed E-state index contributed by atoms with van der Waals surface area (Å²) in [5, 5.41) is 18.1. The van der Waals surface area contributed by atoms with Gasteiger partial charge < -0.3 is 14.6 Å². The van der Waals surface area contributed by atoms with Crippen molar-refractivity contribution >= 4 is 0 Å². The number of hydrogen-bond donors (Lipinski definition) is 1. The van der Waals surface area contributed by atoms with Gasteiger partial charge in [0.15, 0.2) is 11.5 Å². The van der Waals surface area contributed by atoms with Crippen molar-refractivity contribution in [3.05, 3.63) is 23.8 Å². The molecule has 1 aliphatic carbocycles. The molecule has 1 aromatic rings. The fraction of sp³-hybridized carbons (Fsp3) is 0.500. The number of hydrogen-bond acceptors (Lipinski definition) is 4. The van der Waals surface area contributed by atoms with E-state index in [2.05, 4.69) is 6.07 Å². The molecule has 0 bridgehead atoms. The average molecular weight is 247 g/mol. The Balaban J connectivity index is 2.11. The number of benzene rings is 1. The van der Waals surface area contributed by atoms with Crippen LogP contribution in [0.4, 0.5) is 0 Å². The van der Waals surface area contributed by atoms with Gasteiger partial charge in [-0.3, -0.25) is 0 Å². The molecule has 4 heteroatoms. The number of ether oxygens (including phenoxy) is 2. The summed E-state index contributed by atoms with van der Waals surface area (Å²) in [6.45, 7) is 0.422. The molecule has 0 atom stereocenters. The van der Waals surface area contributed by atoms with Gasteiger partial charge in [0, 0.05) is 17.4 Å². The van der Waals surface area contributed by atoms with Gasteiger partial charge in [-0.25, -0.2) is 0 Å². The van der Waals surface area contributed by atoms with Gasteiger partial charge in [0.1, 0.15) is 0 Å². The van der Waals surface area contributed by atoms with E-state index < -0.39 is 0 Å². The maximum absolute atomic E-state index is 9.30. The second-order valence-corrected chi connectivity index (χ2v) is 4.73. The van der Waals surface area contributed by atoms with E-state index >= 15 is 0 Å². The highest BCUT2D eigenvalue weighted by Crippen LogP contribution is 2.49. The molecule has 18 heavy (non-hydrogen) atoms. The van der Waals surface area contributed by atoms with Crippen molar-refractivity contribution in [1.82, 2.24) is 0 Å². The minimum absolute atomic E-state index is 0.0162. The maximum Gasteiger partial charge on any atom is 0.166 e. The Kier molecular flexibility index (Phi) is 3.73. The summed E-state index contributed by atoms with van der Waals surface area (Å²) in [6.07, 6.45) is 2.59. The van der Waals surface area contributed by atoms with Crippen molar-refractivity contribution in [2.24, 2.45) is 5.41 Å². The average Bonchev–Trinajstić information content (AvgIpc) is 3.16. The summed E-state index contributed by atoms with van der Waals surface area (Å²) in [7, 11) is 1.57. The van der Waals surface area contributed by atoms with Gasteiger partial charge >= 0.3 is 0 Å². The maximum atomic E-state index is 9.30. The third-order valence-corrected chi connectivity index (χ3v) is 3.38. The minimum Gasteiger partial charge on any atom is -0.493 e. The van der Waals surface area contributed by atoms with Crippen LogP contribution in [0.25, 0.3) is 0 Å². The van der Waals surface area contributed by atoms with Crippen LogP contribution in [0, 0.1) is 16.7 Å². The lowest BCUT2D eigenvalue weighted by Crippen LogP contribution is -2.13. The van der Waals surface area contributed by atoms with Crippen molar-refractivity contribution in [2.45, 2.75) is 25.9 Å². The molecular formula is C14H17NO3. The van der Waals surface area contributed by atoms with E-state index in [9.17, 15) is 5.11 Å². The first-order valence-electron chi connectivity index (χ1n) is 6.01. The van der Waals surface area contributed by atoms with Crippen LogP contribution in [-0.2, 0) is 6.61 Å². The predicted octanol–water partition coefficient (Wildman–Crippen LogP) is 2.26. The molecule has 1 aliphatic rings. The molecule has 1 aromatic carbocycles. The standard InChI is InChI=1S/C14H17NO3/c1-17-12-4-2-3-11(9-16)13(12)18-10-14(5-6-14)7-8-15/h2-4,16H,5-7,9-10H2,1H3. The largest absolute Gasteiger partial charge is 0.493 e. The predicted molar refractivity (Wildman–Crippen MR) is 66.3 cm³/mol. The van der Waals surface area contributed by atoms with Crippen LogP contribution in [0.15, 0.2) is 18.2 Å².